The highest BCUT2D eigenvalue weighted by atomic mass is 16.2. The number of anilines is 2. The Kier molecular flexibility index (Phi) is 5.39. The van der Waals surface area contributed by atoms with Gasteiger partial charge in [0.1, 0.15) is 0 Å². The lowest BCUT2D eigenvalue weighted by atomic mass is 10.1. The van der Waals surface area contributed by atoms with E-state index in [9.17, 15) is 19.2 Å². The van der Waals surface area contributed by atoms with Crippen molar-refractivity contribution in [3.8, 4) is 0 Å². The van der Waals surface area contributed by atoms with Crippen LogP contribution in [0.4, 0.5) is 16.2 Å². The van der Waals surface area contributed by atoms with E-state index in [4.69, 9.17) is 5.73 Å². The zero-order chi connectivity index (χ0) is 20.3. The van der Waals surface area contributed by atoms with Crippen molar-refractivity contribution < 1.29 is 19.2 Å². The lowest BCUT2D eigenvalue weighted by molar-refractivity contribution is -0.115. The van der Waals surface area contributed by atoms with E-state index in [1.807, 2.05) is 0 Å². The molecule has 1 heterocycles. The van der Waals surface area contributed by atoms with E-state index in [-0.39, 0.29) is 24.9 Å². The first-order valence-electron chi connectivity index (χ1n) is 8.79. The molecule has 0 radical (unpaired) electrons. The lowest BCUT2D eigenvalue weighted by Crippen LogP contribution is -2.44. The van der Waals surface area contributed by atoms with Crippen LogP contribution in [0.15, 0.2) is 48.5 Å². The predicted molar refractivity (Wildman–Crippen MR) is 104 cm³/mol. The second-order valence-electron chi connectivity index (χ2n) is 6.34. The number of rotatable bonds is 5. The number of nitrogens with zero attached hydrogens (tertiary/aromatic N) is 2. The van der Waals surface area contributed by atoms with Crippen LogP contribution in [0.25, 0.3) is 0 Å². The fraction of sp³-hybridized carbons (Fsp3) is 0.200. The molecule has 0 spiro atoms. The van der Waals surface area contributed by atoms with Gasteiger partial charge in [0.05, 0.1) is 16.8 Å². The molecule has 5 amide bonds. The van der Waals surface area contributed by atoms with Gasteiger partial charge in [-0.25, -0.2) is 9.69 Å². The minimum Gasteiger partial charge on any atom is -0.399 e. The van der Waals surface area contributed by atoms with Crippen molar-refractivity contribution >= 4 is 35.1 Å². The van der Waals surface area contributed by atoms with Crippen LogP contribution in [-0.2, 0) is 4.79 Å². The molecule has 3 rings (SSSR count). The van der Waals surface area contributed by atoms with Crippen molar-refractivity contribution in [2.75, 3.05) is 23.7 Å². The SMILES string of the molecule is CC(=O)N(C(=O)NCCCN1C(=O)c2ccccc2C1=O)c1cccc(N)c1. The zero-order valence-corrected chi connectivity index (χ0v) is 15.3. The lowest BCUT2D eigenvalue weighted by Gasteiger charge is -2.20. The molecule has 0 aliphatic carbocycles. The highest BCUT2D eigenvalue weighted by Gasteiger charge is 2.34. The van der Waals surface area contributed by atoms with Gasteiger partial charge in [-0.05, 0) is 36.8 Å². The summed E-state index contributed by atoms with van der Waals surface area (Å²) in [5.74, 6) is -1.13. The number of nitrogens with one attached hydrogen (secondary N) is 1. The van der Waals surface area contributed by atoms with E-state index in [0.29, 0.717) is 28.9 Å². The van der Waals surface area contributed by atoms with E-state index >= 15 is 0 Å². The van der Waals surface area contributed by atoms with Crippen LogP contribution in [0, 0.1) is 0 Å². The molecule has 1 aliphatic rings. The van der Waals surface area contributed by atoms with E-state index in [2.05, 4.69) is 5.32 Å². The summed E-state index contributed by atoms with van der Waals surface area (Å²) >= 11 is 0. The Bertz CT molecular complexity index is 922. The minimum absolute atomic E-state index is 0.172. The maximum Gasteiger partial charge on any atom is 0.328 e. The molecule has 2 aromatic carbocycles. The number of benzene rings is 2. The molecular formula is C20H20N4O4. The van der Waals surface area contributed by atoms with Gasteiger partial charge >= 0.3 is 6.03 Å². The average Bonchev–Trinajstić information content (AvgIpc) is 2.90. The van der Waals surface area contributed by atoms with Gasteiger partial charge in [0.2, 0.25) is 5.91 Å². The Morgan fingerprint density at radius 3 is 2.25 bits per heavy atom. The summed E-state index contributed by atoms with van der Waals surface area (Å²) < 4.78 is 0. The van der Waals surface area contributed by atoms with Gasteiger partial charge in [0.15, 0.2) is 0 Å². The van der Waals surface area contributed by atoms with E-state index in [1.165, 1.54) is 13.0 Å². The first-order chi connectivity index (χ1) is 13.4. The third kappa shape index (κ3) is 3.71. The van der Waals surface area contributed by atoms with Crippen LogP contribution in [0.3, 0.4) is 0 Å². The number of carbonyl (C=O) groups is 4. The number of fused-ring (bicyclic) bond motifs is 1. The maximum atomic E-state index is 12.4. The molecule has 28 heavy (non-hydrogen) atoms. The molecular weight excluding hydrogens is 360 g/mol. The number of amides is 5. The second-order valence-corrected chi connectivity index (χ2v) is 6.34. The van der Waals surface area contributed by atoms with Crippen molar-refractivity contribution in [1.29, 1.82) is 0 Å². The second kappa shape index (κ2) is 7.91. The summed E-state index contributed by atoms with van der Waals surface area (Å²) in [4.78, 5) is 51.0. The minimum atomic E-state index is -0.597. The number of hydrogen-bond acceptors (Lipinski definition) is 5. The van der Waals surface area contributed by atoms with Crippen LogP contribution < -0.4 is 16.0 Å². The number of hydrogen-bond donors (Lipinski definition) is 2. The summed E-state index contributed by atoms with van der Waals surface area (Å²) in [6.45, 7) is 1.64. The largest absolute Gasteiger partial charge is 0.399 e. The summed E-state index contributed by atoms with van der Waals surface area (Å²) in [5.41, 5.74) is 7.29. The molecule has 8 heteroatoms. The molecule has 0 saturated carbocycles. The Hall–Kier alpha value is -3.68. The molecule has 0 unspecified atom stereocenters. The van der Waals surface area contributed by atoms with Gasteiger partial charge < -0.3 is 11.1 Å². The highest BCUT2D eigenvalue weighted by molar-refractivity contribution is 6.21. The van der Waals surface area contributed by atoms with Crippen LogP contribution in [0.2, 0.25) is 0 Å². The van der Waals surface area contributed by atoms with Gasteiger partial charge in [-0.3, -0.25) is 19.3 Å². The first-order valence-corrected chi connectivity index (χ1v) is 8.79. The third-order valence-corrected chi connectivity index (χ3v) is 4.36. The summed E-state index contributed by atoms with van der Waals surface area (Å²) in [5, 5.41) is 2.63. The predicted octanol–water partition coefficient (Wildman–Crippen LogP) is 2.02. The molecule has 8 nitrogen and oxygen atoms in total. The van der Waals surface area contributed by atoms with Crippen molar-refractivity contribution in [3.63, 3.8) is 0 Å². The Labute approximate surface area is 161 Å². The van der Waals surface area contributed by atoms with Crippen LogP contribution in [0.5, 0.6) is 0 Å². The Morgan fingerprint density at radius 1 is 1.04 bits per heavy atom. The van der Waals surface area contributed by atoms with Crippen LogP contribution in [-0.4, -0.2) is 41.7 Å². The molecule has 0 bridgehead atoms. The number of carbonyl (C=O) groups excluding carboxylic acids is 4. The maximum absolute atomic E-state index is 12.4. The topological polar surface area (TPSA) is 113 Å². The average molecular weight is 380 g/mol. The standard InChI is InChI=1S/C20H20N4O4/c1-13(25)24(15-7-4-6-14(21)12-15)20(28)22-10-5-11-23-18(26)16-8-2-3-9-17(16)19(23)27/h2-4,6-9,12H,5,10-11,21H2,1H3,(H,22,28). The quantitative estimate of drug-likeness (QED) is 0.468. The van der Waals surface area contributed by atoms with Crippen LogP contribution >= 0.6 is 0 Å². The molecule has 1 aliphatic heterocycles. The van der Waals surface area contributed by atoms with E-state index in [0.717, 1.165) is 9.80 Å². The summed E-state index contributed by atoms with van der Waals surface area (Å²) in [7, 11) is 0. The van der Waals surface area contributed by atoms with Crippen LogP contribution in [0.1, 0.15) is 34.1 Å². The molecule has 0 atom stereocenters. The number of nitrogen functional groups attached to an aromatic ring is 1. The van der Waals surface area contributed by atoms with Gasteiger partial charge in [-0.2, -0.15) is 0 Å². The smallest absolute Gasteiger partial charge is 0.328 e. The monoisotopic (exact) mass is 380 g/mol. The Balaban J connectivity index is 1.56. The Morgan fingerprint density at radius 2 is 1.68 bits per heavy atom. The first kappa shape index (κ1) is 19.1. The van der Waals surface area contributed by atoms with Crippen molar-refractivity contribution in [1.82, 2.24) is 10.2 Å². The van der Waals surface area contributed by atoms with Crippen molar-refractivity contribution in [2.45, 2.75) is 13.3 Å². The number of urea groups is 1. The molecule has 144 valence electrons. The van der Waals surface area contributed by atoms with Gasteiger partial charge in [-0.1, -0.05) is 18.2 Å². The molecule has 2 aromatic rings. The molecule has 0 saturated heterocycles. The summed E-state index contributed by atoms with van der Waals surface area (Å²) in [6.07, 6.45) is 0.361. The van der Waals surface area contributed by atoms with E-state index < -0.39 is 11.9 Å². The zero-order valence-electron chi connectivity index (χ0n) is 15.3. The van der Waals surface area contributed by atoms with Gasteiger partial charge in [-0.15, -0.1) is 0 Å². The summed E-state index contributed by atoms with van der Waals surface area (Å²) in [6, 6.07) is 12.5. The van der Waals surface area contributed by atoms with Gasteiger partial charge in [0, 0.05) is 25.7 Å². The number of nitrogens with two attached hydrogens (primary N) is 1. The van der Waals surface area contributed by atoms with Gasteiger partial charge in [0.25, 0.3) is 11.8 Å². The molecule has 0 fully saturated rings. The fourth-order valence-electron chi connectivity index (χ4n) is 3.06. The van der Waals surface area contributed by atoms with Crippen molar-refractivity contribution in [3.05, 3.63) is 59.7 Å². The molecule has 3 N–H and O–H groups in total. The van der Waals surface area contributed by atoms with Crippen molar-refractivity contribution in [2.24, 2.45) is 0 Å². The number of imide groups is 2. The fourth-order valence-corrected chi connectivity index (χ4v) is 3.06. The normalized spacial score (nSPS) is 12.7. The van der Waals surface area contributed by atoms with E-state index in [1.54, 1.807) is 42.5 Å². The third-order valence-electron chi connectivity index (χ3n) is 4.36. The highest BCUT2D eigenvalue weighted by Crippen LogP contribution is 2.22. The molecule has 0 aromatic heterocycles.